The number of rotatable bonds is 4. The van der Waals surface area contributed by atoms with Crippen molar-refractivity contribution in [2.45, 2.75) is 6.54 Å². The molecule has 0 aliphatic carbocycles. The number of anilines is 1. The number of para-hydroxylation sites is 1. The van der Waals surface area contributed by atoms with Gasteiger partial charge in [-0.1, -0.05) is 24.3 Å². The number of benzene rings is 2. The van der Waals surface area contributed by atoms with E-state index in [9.17, 15) is 9.59 Å². The maximum Gasteiger partial charge on any atom is 0.420 e. The van der Waals surface area contributed by atoms with Gasteiger partial charge in [0.25, 0.3) is 0 Å². The molecule has 0 spiro atoms. The number of amides is 1. The number of carbonyl (C=O) groups excluding carboxylic acids is 1. The Hall–Kier alpha value is -3.67. The largest absolute Gasteiger partial charge is 0.420 e. The van der Waals surface area contributed by atoms with Crippen LogP contribution in [0.15, 0.2) is 82.3 Å². The van der Waals surface area contributed by atoms with Gasteiger partial charge in [0.2, 0.25) is 5.91 Å². The van der Waals surface area contributed by atoms with E-state index in [0.29, 0.717) is 11.1 Å². The van der Waals surface area contributed by atoms with Gasteiger partial charge in [-0.2, -0.15) is 0 Å². The fraction of sp³-hybridized carbons (Fsp3) is 0.0952. The van der Waals surface area contributed by atoms with E-state index in [1.807, 2.05) is 54.6 Å². The highest BCUT2D eigenvalue weighted by molar-refractivity contribution is 5.93. The van der Waals surface area contributed by atoms with Crippen LogP contribution in [0, 0.1) is 0 Å². The normalized spacial score (nSPS) is 10.9. The van der Waals surface area contributed by atoms with Crippen molar-refractivity contribution >= 4 is 22.7 Å². The molecule has 0 bridgehead atoms. The van der Waals surface area contributed by atoms with E-state index in [0.717, 1.165) is 16.8 Å². The Morgan fingerprint density at radius 2 is 1.78 bits per heavy atom. The second-order valence-corrected chi connectivity index (χ2v) is 6.16. The molecule has 4 aromatic rings. The van der Waals surface area contributed by atoms with Crippen molar-refractivity contribution in [2.75, 3.05) is 11.9 Å². The molecule has 0 unspecified atom stereocenters. The van der Waals surface area contributed by atoms with E-state index >= 15 is 0 Å². The first-order valence-electron chi connectivity index (χ1n) is 8.49. The summed E-state index contributed by atoms with van der Waals surface area (Å²) in [6, 6.07) is 18.5. The van der Waals surface area contributed by atoms with Gasteiger partial charge in [0.05, 0.1) is 5.52 Å². The molecule has 1 amide bonds. The van der Waals surface area contributed by atoms with Crippen molar-refractivity contribution in [1.82, 2.24) is 9.55 Å². The molecule has 0 aliphatic heterocycles. The fourth-order valence-corrected chi connectivity index (χ4v) is 2.97. The summed E-state index contributed by atoms with van der Waals surface area (Å²) in [7, 11) is 1.69. The number of likely N-dealkylation sites (N-methyl/N-ethyl adjacent to an activating group) is 1. The lowest BCUT2D eigenvalue weighted by Crippen LogP contribution is -2.32. The molecule has 2 heterocycles. The molecular formula is C21H17N3O3. The van der Waals surface area contributed by atoms with E-state index in [2.05, 4.69) is 4.98 Å². The van der Waals surface area contributed by atoms with Gasteiger partial charge < -0.3 is 9.32 Å². The average Bonchev–Trinajstić information content (AvgIpc) is 3.03. The lowest BCUT2D eigenvalue weighted by molar-refractivity contribution is -0.118. The molecule has 6 nitrogen and oxygen atoms in total. The molecule has 0 fully saturated rings. The van der Waals surface area contributed by atoms with Crippen molar-refractivity contribution < 1.29 is 9.21 Å². The van der Waals surface area contributed by atoms with Crippen LogP contribution in [0.3, 0.4) is 0 Å². The molecule has 27 heavy (non-hydrogen) atoms. The molecule has 0 N–H and O–H groups in total. The first-order valence-corrected chi connectivity index (χ1v) is 8.49. The summed E-state index contributed by atoms with van der Waals surface area (Å²) in [5.41, 5.74) is 3.70. The van der Waals surface area contributed by atoms with Gasteiger partial charge in [-0.05, 0) is 47.5 Å². The monoisotopic (exact) mass is 359 g/mol. The van der Waals surface area contributed by atoms with Gasteiger partial charge in [-0.15, -0.1) is 0 Å². The van der Waals surface area contributed by atoms with Crippen molar-refractivity contribution in [2.24, 2.45) is 0 Å². The molecule has 2 aromatic heterocycles. The number of fused-ring (bicyclic) bond motifs is 1. The Morgan fingerprint density at radius 3 is 2.52 bits per heavy atom. The Kier molecular flexibility index (Phi) is 4.30. The van der Waals surface area contributed by atoms with E-state index in [1.54, 1.807) is 25.5 Å². The molecular weight excluding hydrogens is 342 g/mol. The predicted octanol–water partition coefficient (Wildman–Crippen LogP) is 3.32. The van der Waals surface area contributed by atoms with Gasteiger partial charge >= 0.3 is 5.76 Å². The molecule has 4 rings (SSSR count). The van der Waals surface area contributed by atoms with Crippen LogP contribution in [0.5, 0.6) is 0 Å². The SMILES string of the molecule is CN(C(=O)Cn1c(=O)oc2ccc(-c3ccncc3)cc21)c1ccccc1. The smallest absolute Gasteiger partial charge is 0.408 e. The summed E-state index contributed by atoms with van der Waals surface area (Å²) in [6.45, 7) is -0.100. The fourth-order valence-electron chi connectivity index (χ4n) is 2.97. The summed E-state index contributed by atoms with van der Waals surface area (Å²) in [4.78, 5) is 30.5. The van der Waals surface area contributed by atoms with Crippen LogP contribution in [0.2, 0.25) is 0 Å². The van der Waals surface area contributed by atoms with Gasteiger partial charge in [0, 0.05) is 25.1 Å². The second kappa shape index (κ2) is 6.92. The van der Waals surface area contributed by atoms with E-state index < -0.39 is 5.76 Å². The quantitative estimate of drug-likeness (QED) is 0.561. The molecule has 2 aromatic carbocycles. The Labute approximate surface area is 155 Å². The zero-order valence-corrected chi connectivity index (χ0v) is 14.7. The summed E-state index contributed by atoms with van der Waals surface area (Å²) >= 11 is 0. The lowest BCUT2D eigenvalue weighted by atomic mass is 10.1. The van der Waals surface area contributed by atoms with E-state index in [-0.39, 0.29) is 12.5 Å². The number of pyridine rings is 1. The third-order valence-electron chi connectivity index (χ3n) is 4.49. The average molecular weight is 359 g/mol. The highest BCUT2D eigenvalue weighted by Gasteiger charge is 2.17. The van der Waals surface area contributed by atoms with Gasteiger partial charge in [-0.25, -0.2) is 4.79 Å². The van der Waals surface area contributed by atoms with Gasteiger partial charge in [0.15, 0.2) is 5.58 Å². The van der Waals surface area contributed by atoms with Crippen molar-refractivity contribution in [3.05, 3.63) is 83.6 Å². The molecule has 0 saturated carbocycles. The van der Waals surface area contributed by atoms with Crippen LogP contribution in [-0.2, 0) is 11.3 Å². The molecule has 0 atom stereocenters. The van der Waals surface area contributed by atoms with E-state index in [4.69, 9.17) is 4.42 Å². The van der Waals surface area contributed by atoms with Gasteiger partial charge in [-0.3, -0.25) is 14.3 Å². The number of hydrogen-bond donors (Lipinski definition) is 0. The minimum atomic E-state index is -0.549. The minimum Gasteiger partial charge on any atom is -0.408 e. The molecule has 0 aliphatic rings. The highest BCUT2D eigenvalue weighted by atomic mass is 16.4. The highest BCUT2D eigenvalue weighted by Crippen LogP contribution is 2.24. The van der Waals surface area contributed by atoms with Crippen LogP contribution < -0.4 is 10.7 Å². The number of hydrogen-bond acceptors (Lipinski definition) is 4. The Morgan fingerprint density at radius 1 is 1.04 bits per heavy atom. The minimum absolute atomic E-state index is 0.100. The van der Waals surface area contributed by atoms with Crippen LogP contribution in [0.25, 0.3) is 22.2 Å². The number of oxazole rings is 1. The zero-order chi connectivity index (χ0) is 18.8. The first kappa shape index (κ1) is 16.8. The molecule has 6 heteroatoms. The van der Waals surface area contributed by atoms with Crippen molar-refractivity contribution in [3.63, 3.8) is 0 Å². The van der Waals surface area contributed by atoms with E-state index in [1.165, 1.54) is 9.47 Å². The van der Waals surface area contributed by atoms with Gasteiger partial charge in [0.1, 0.15) is 6.54 Å². The summed E-state index contributed by atoms with van der Waals surface area (Å²) in [6.07, 6.45) is 3.42. The maximum absolute atomic E-state index is 12.7. The molecule has 134 valence electrons. The Bertz CT molecular complexity index is 1150. The number of carbonyl (C=O) groups is 1. The van der Waals surface area contributed by atoms with Crippen LogP contribution in [0.1, 0.15) is 0 Å². The molecule has 0 saturated heterocycles. The zero-order valence-electron chi connectivity index (χ0n) is 14.7. The first-order chi connectivity index (χ1) is 13.1. The van der Waals surface area contributed by atoms with Crippen molar-refractivity contribution in [3.8, 4) is 11.1 Å². The lowest BCUT2D eigenvalue weighted by Gasteiger charge is -2.17. The number of nitrogens with zero attached hydrogens (tertiary/aromatic N) is 3. The third kappa shape index (κ3) is 3.25. The predicted molar refractivity (Wildman–Crippen MR) is 104 cm³/mol. The maximum atomic E-state index is 12.7. The van der Waals surface area contributed by atoms with Crippen LogP contribution in [0.4, 0.5) is 5.69 Å². The second-order valence-electron chi connectivity index (χ2n) is 6.16. The summed E-state index contributed by atoms with van der Waals surface area (Å²) in [5.74, 6) is -0.757. The Balaban J connectivity index is 1.70. The number of aromatic nitrogens is 2. The summed E-state index contributed by atoms with van der Waals surface area (Å²) in [5, 5.41) is 0. The summed E-state index contributed by atoms with van der Waals surface area (Å²) < 4.78 is 6.66. The van der Waals surface area contributed by atoms with Crippen molar-refractivity contribution in [1.29, 1.82) is 0 Å². The topological polar surface area (TPSA) is 68.3 Å². The molecule has 0 radical (unpaired) electrons. The third-order valence-corrected chi connectivity index (χ3v) is 4.49. The standard InChI is InChI=1S/C21H17N3O3/c1-23(17-5-3-2-4-6-17)20(25)14-24-18-13-16(15-9-11-22-12-10-15)7-8-19(18)27-21(24)26/h2-13H,14H2,1H3. The van der Waals surface area contributed by atoms with Crippen LogP contribution in [-0.4, -0.2) is 22.5 Å². The van der Waals surface area contributed by atoms with Crippen LogP contribution >= 0.6 is 0 Å².